The molecule has 0 spiro atoms. The molecule has 0 saturated carbocycles. The van der Waals surface area contributed by atoms with Crippen molar-refractivity contribution in [1.29, 1.82) is 0 Å². The summed E-state index contributed by atoms with van der Waals surface area (Å²) in [7, 11) is 1.71. The second-order valence-electron chi connectivity index (χ2n) is 5.58. The van der Waals surface area contributed by atoms with Gasteiger partial charge in [-0.1, -0.05) is 20.8 Å². The van der Waals surface area contributed by atoms with E-state index in [2.05, 4.69) is 41.8 Å². The average molecular weight is 239 g/mol. The first-order chi connectivity index (χ1) is 8.01. The summed E-state index contributed by atoms with van der Waals surface area (Å²) in [5, 5.41) is 3.29. The normalized spacial score (nSPS) is 12.0. The molecule has 0 atom stereocenters. The van der Waals surface area contributed by atoms with E-state index in [1.54, 1.807) is 7.11 Å². The molecule has 4 nitrogen and oxygen atoms in total. The third kappa shape index (κ3) is 6.44. The summed E-state index contributed by atoms with van der Waals surface area (Å²) in [5.74, 6) is 0. The molecule has 0 aliphatic heterocycles. The van der Waals surface area contributed by atoms with Gasteiger partial charge in [0.25, 0.3) is 0 Å². The maximum absolute atomic E-state index is 4.97. The Hall–Kier alpha value is -0.870. The molecule has 0 aliphatic rings. The third-order valence-electron chi connectivity index (χ3n) is 2.60. The van der Waals surface area contributed by atoms with Gasteiger partial charge in [-0.3, -0.25) is 0 Å². The molecule has 98 valence electrons. The number of aryl methyl sites for hydroxylation is 1. The first-order valence-corrected chi connectivity index (χ1v) is 6.21. The number of nitrogens with zero attached hydrogens (tertiary/aromatic N) is 2. The number of aromatic nitrogens is 2. The van der Waals surface area contributed by atoms with Crippen LogP contribution in [0.1, 0.15) is 32.9 Å². The number of rotatable bonds is 7. The summed E-state index contributed by atoms with van der Waals surface area (Å²) in [6.07, 6.45) is 5.20. The minimum Gasteiger partial charge on any atom is -0.383 e. The summed E-state index contributed by atoms with van der Waals surface area (Å²) < 4.78 is 7.14. The lowest BCUT2D eigenvalue weighted by molar-refractivity contribution is 0.199. The maximum atomic E-state index is 4.97. The molecule has 0 radical (unpaired) electrons. The monoisotopic (exact) mass is 239 g/mol. The molecule has 1 heterocycles. The van der Waals surface area contributed by atoms with Gasteiger partial charge < -0.3 is 14.6 Å². The molecular formula is C13H25N3O. The molecule has 0 aliphatic carbocycles. The van der Waals surface area contributed by atoms with Gasteiger partial charge in [0.05, 0.1) is 18.6 Å². The first-order valence-electron chi connectivity index (χ1n) is 6.21. The van der Waals surface area contributed by atoms with Crippen LogP contribution in [-0.4, -0.2) is 29.8 Å². The highest BCUT2D eigenvalue weighted by Crippen LogP contribution is 2.19. The van der Waals surface area contributed by atoms with E-state index in [1.165, 1.54) is 6.42 Å². The SMILES string of the molecule is COCCNCc1cn(CCC(C)(C)C)cn1. The standard InChI is InChI=1S/C13H25N3O/c1-13(2,3)5-7-16-10-12(15-11-16)9-14-6-8-17-4/h10-11,14H,5-9H2,1-4H3. The van der Waals surface area contributed by atoms with Crippen LogP contribution in [0.4, 0.5) is 0 Å². The molecule has 0 saturated heterocycles. The van der Waals surface area contributed by atoms with Crippen molar-refractivity contribution in [3.63, 3.8) is 0 Å². The molecule has 0 amide bonds. The van der Waals surface area contributed by atoms with E-state index in [0.717, 1.165) is 31.9 Å². The molecule has 1 aromatic heterocycles. The number of nitrogens with one attached hydrogen (secondary N) is 1. The molecule has 4 heteroatoms. The largest absolute Gasteiger partial charge is 0.383 e. The van der Waals surface area contributed by atoms with Crippen LogP contribution in [0.15, 0.2) is 12.5 Å². The second kappa shape index (κ2) is 6.77. The fraction of sp³-hybridized carbons (Fsp3) is 0.769. The second-order valence-corrected chi connectivity index (χ2v) is 5.58. The van der Waals surface area contributed by atoms with Gasteiger partial charge in [0, 0.05) is 32.9 Å². The summed E-state index contributed by atoms with van der Waals surface area (Å²) in [6.45, 7) is 10.2. The van der Waals surface area contributed by atoms with Crippen molar-refractivity contribution in [3.05, 3.63) is 18.2 Å². The molecule has 1 aromatic rings. The molecule has 1 rings (SSSR count). The molecule has 1 N–H and O–H groups in total. The zero-order chi connectivity index (χ0) is 12.7. The number of methoxy groups -OCH3 is 1. The third-order valence-corrected chi connectivity index (χ3v) is 2.60. The Bertz CT molecular complexity index is 315. The van der Waals surface area contributed by atoms with Crippen LogP contribution in [0, 0.1) is 5.41 Å². The van der Waals surface area contributed by atoms with Crippen LogP contribution in [0.25, 0.3) is 0 Å². The Kier molecular flexibility index (Phi) is 5.65. The van der Waals surface area contributed by atoms with E-state index >= 15 is 0 Å². The minimum absolute atomic E-state index is 0.376. The van der Waals surface area contributed by atoms with Crippen LogP contribution in [-0.2, 0) is 17.8 Å². The molecular weight excluding hydrogens is 214 g/mol. The quantitative estimate of drug-likeness (QED) is 0.740. The van der Waals surface area contributed by atoms with Crippen LogP contribution < -0.4 is 5.32 Å². The Labute approximate surface area is 104 Å². The topological polar surface area (TPSA) is 39.1 Å². The fourth-order valence-electron chi connectivity index (χ4n) is 1.48. The van der Waals surface area contributed by atoms with Gasteiger partial charge in [-0.05, 0) is 11.8 Å². The van der Waals surface area contributed by atoms with Gasteiger partial charge in [-0.15, -0.1) is 0 Å². The molecule has 0 fully saturated rings. The van der Waals surface area contributed by atoms with Gasteiger partial charge in [-0.2, -0.15) is 0 Å². The van der Waals surface area contributed by atoms with Gasteiger partial charge in [0.15, 0.2) is 0 Å². The van der Waals surface area contributed by atoms with Crippen molar-refractivity contribution < 1.29 is 4.74 Å². The van der Waals surface area contributed by atoms with Crippen molar-refractivity contribution in [1.82, 2.24) is 14.9 Å². The van der Waals surface area contributed by atoms with Crippen LogP contribution >= 0.6 is 0 Å². The predicted molar refractivity (Wildman–Crippen MR) is 69.9 cm³/mol. The van der Waals surface area contributed by atoms with Crippen LogP contribution in [0.5, 0.6) is 0 Å². The van der Waals surface area contributed by atoms with Crippen molar-refractivity contribution in [2.24, 2.45) is 5.41 Å². The van der Waals surface area contributed by atoms with Gasteiger partial charge in [0.2, 0.25) is 0 Å². The maximum Gasteiger partial charge on any atom is 0.0949 e. The lowest BCUT2D eigenvalue weighted by Gasteiger charge is -2.17. The van der Waals surface area contributed by atoms with Gasteiger partial charge in [-0.25, -0.2) is 4.98 Å². The highest BCUT2D eigenvalue weighted by atomic mass is 16.5. The summed E-state index contributed by atoms with van der Waals surface area (Å²) in [6, 6.07) is 0. The van der Waals surface area contributed by atoms with E-state index in [-0.39, 0.29) is 0 Å². The van der Waals surface area contributed by atoms with E-state index in [4.69, 9.17) is 4.74 Å². The summed E-state index contributed by atoms with van der Waals surface area (Å²) in [5.41, 5.74) is 1.47. The number of hydrogen-bond acceptors (Lipinski definition) is 3. The number of ether oxygens (including phenoxy) is 1. The van der Waals surface area contributed by atoms with E-state index < -0.39 is 0 Å². The van der Waals surface area contributed by atoms with Crippen LogP contribution in [0.2, 0.25) is 0 Å². The summed E-state index contributed by atoms with van der Waals surface area (Å²) >= 11 is 0. The van der Waals surface area contributed by atoms with Crippen molar-refractivity contribution >= 4 is 0 Å². The van der Waals surface area contributed by atoms with Crippen molar-refractivity contribution in [2.45, 2.75) is 40.3 Å². The van der Waals surface area contributed by atoms with Gasteiger partial charge in [0.1, 0.15) is 0 Å². The van der Waals surface area contributed by atoms with E-state index in [9.17, 15) is 0 Å². The van der Waals surface area contributed by atoms with Crippen LogP contribution in [0.3, 0.4) is 0 Å². The summed E-state index contributed by atoms with van der Waals surface area (Å²) in [4.78, 5) is 4.37. The lowest BCUT2D eigenvalue weighted by atomic mass is 9.92. The van der Waals surface area contributed by atoms with Crippen molar-refractivity contribution in [3.8, 4) is 0 Å². The minimum atomic E-state index is 0.376. The highest BCUT2D eigenvalue weighted by molar-refractivity contribution is 4.96. The van der Waals surface area contributed by atoms with E-state index in [0.29, 0.717) is 5.41 Å². The number of imidazole rings is 1. The Morgan fingerprint density at radius 3 is 2.82 bits per heavy atom. The Morgan fingerprint density at radius 1 is 1.41 bits per heavy atom. The van der Waals surface area contributed by atoms with E-state index in [1.807, 2.05) is 6.33 Å². The molecule has 0 bridgehead atoms. The van der Waals surface area contributed by atoms with Crippen molar-refractivity contribution in [2.75, 3.05) is 20.3 Å². The lowest BCUT2D eigenvalue weighted by Crippen LogP contribution is -2.18. The predicted octanol–water partition coefficient (Wildman–Crippen LogP) is 2.06. The Morgan fingerprint density at radius 2 is 2.18 bits per heavy atom. The first kappa shape index (κ1) is 14.2. The zero-order valence-corrected chi connectivity index (χ0v) is 11.5. The number of hydrogen-bond donors (Lipinski definition) is 1. The molecule has 0 aromatic carbocycles. The average Bonchev–Trinajstić information content (AvgIpc) is 2.69. The molecule has 17 heavy (non-hydrogen) atoms. The molecule has 0 unspecified atom stereocenters. The Balaban J connectivity index is 2.28. The van der Waals surface area contributed by atoms with Gasteiger partial charge >= 0.3 is 0 Å². The zero-order valence-electron chi connectivity index (χ0n) is 11.5. The fourth-order valence-corrected chi connectivity index (χ4v) is 1.48. The smallest absolute Gasteiger partial charge is 0.0949 e. The highest BCUT2D eigenvalue weighted by Gasteiger charge is 2.09.